The van der Waals surface area contributed by atoms with Gasteiger partial charge in [-0.2, -0.15) is 4.98 Å². The summed E-state index contributed by atoms with van der Waals surface area (Å²) in [5.41, 5.74) is 0.832. The van der Waals surface area contributed by atoms with E-state index < -0.39 is 5.91 Å². The molecule has 2 aromatic heterocycles. The Balaban J connectivity index is 2.15. The third kappa shape index (κ3) is 3.05. The molecule has 0 aliphatic rings. The van der Waals surface area contributed by atoms with Gasteiger partial charge in [0.2, 0.25) is 11.7 Å². The van der Waals surface area contributed by atoms with Gasteiger partial charge in [-0.25, -0.2) is 9.50 Å². The molecule has 0 radical (unpaired) electrons. The summed E-state index contributed by atoms with van der Waals surface area (Å²) in [6.45, 7) is 6.90. The number of carbonyl (C=O) groups excluding carboxylic acids is 2. The zero-order valence-electron chi connectivity index (χ0n) is 13.3. The molecule has 2 heterocycles. The van der Waals surface area contributed by atoms with Gasteiger partial charge in [0.1, 0.15) is 0 Å². The lowest BCUT2D eigenvalue weighted by Crippen LogP contribution is -2.41. The highest BCUT2D eigenvalue weighted by Crippen LogP contribution is 2.04. The van der Waals surface area contributed by atoms with Crippen molar-refractivity contribution in [3.63, 3.8) is 0 Å². The zero-order chi connectivity index (χ0) is 16.3. The largest absolute Gasteiger partial charge is 0.342 e. The monoisotopic (exact) mass is 304 g/mol. The third-order valence-electron chi connectivity index (χ3n) is 3.46. The van der Waals surface area contributed by atoms with Crippen molar-refractivity contribution in [2.45, 2.75) is 20.8 Å². The molecule has 8 nitrogen and oxygen atoms in total. The van der Waals surface area contributed by atoms with Crippen LogP contribution in [0.3, 0.4) is 0 Å². The first-order valence-electron chi connectivity index (χ1n) is 7.19. The Labute approximate surface area is 128 Å². The minimum absolute atomic E-state index is 0.00246. The fourth-order valence-electron chi connectivity index (χ4n) is 2.12. The average molecular weight is 304 g/mol. The molecule has 0 fully saturated rings. The second kappa shape index (κ2) is 6.50. The maximum Gasteiger partial charge on any atom is 0.293 e. The van der Waals surface area contributed by atoms with E-state index in [2.05, 4.69) is 15.1 Å². The van der Waals surface area contributed by atoms with E-state index in [9.17, 15) is 9.59 Å². The Bertz CT molecular complexity index is 692. The Morgan fingerprint density at radius 2 is 1.95 bits per heavy atom. The van der Waals surface area contributed by atoms with E-state index in [1.165, 1.54) is 9.42 Å². The van der Waals surface area contributed by atoms with E-state index >= 15 is 0 Å². The van der Waals surface area contributed by atoms with E-state index in [1.54, 1.807) is 24.2 Å². The summed E-state index contributed by atoms with van der Waals surface area (Å²) in [7, 11) is 1.57. The number of aromatic nitrogens is 4. The van der Waals surface area contributed by atoms with Crippen LogP contribution >= 0.6 is 0 Å². The average Bonchev–Trinajstić information content (AvgIpc) is 2.93. The highest BCUT2D eigenvalue weighted by atomic mass is 16.2. The van der Waals surface area contributed by atoms with Crippen LogP contribution in [0.15, 0.2) is 12.3 Å². The molecule has 0 saturated heterocycles. The van der Waals surface area contributed by atoms with Gasteiger partial charge in [0.15, 0.2) is 0 Å². The van der Waals surface area contributed by atoms with Crippen LogP contribution < -0.4 is 0 Å². The molecule has 0 aromatic carbocycles. The molecular formula is C14H20N6O2. The lowest BCUT2D eigenvalue weighted by Gasteiger charge is -2.22. The Kier molecular flexibility index (Phi) is 4.69. The lowest BCUT2D eigenvalue weighted by molar-refractivity contribution is -0.131. The molecule has 0 atom stereocenters. The van der Waals surface area contributed by atoms with Gasteiger partial charge < -0.3 is 9.80 Å². The summed E-state index contributed by atoms with van der Waals surface area (Å²) < 4.78 is 1.51. The minimum atomic E-state index is -0.398. The van der Waals surface area contributed by atoms with Gasteiger partial charge in [-0.15, -0.1) is 5.10 Å². The van der Waals surface area contributed by atoms with Gasteiger partial charge in [0, 0.05) is 32.0 Å². The number of fused-ring (bicyclic) bond motifs is 1. The molecule has 0 saturated carbocycles. The van der Waals surface area contributed by atoms with Crippen molar-refractivity contribution < 1.29 is 9.59 Å². The van der Waals surface area contributed by atoms with Crippen molar-refractivity contribution in [3.05, 3.63) is 23.8 Å². The number of likely N-dealkylation sites (N-methyl/N-ethyl adjacent to an activating group) is 2. The number of hydrogen-bond acceptors (Lipinski definition) is 5. The highest BCUT2D eigenvalue weighted by molar-refractivity contribution is 5.93. The van der Waals surface area contributed by atoms with Gasteiger partial charge >= 0.3 is 0 Å². The van der Waals surface area contributed by atoms with Gasteiger partial charge in [0.25, 0.3) is 11.7 Å². The molecule has 0 spiro atoms. The van der Waals surface area contributed by atoms with Crippen LogP contribution in [0.4, 0.5) is 0 Å². The molecule has 2 aromatic rings. The zero-order valence-corrected chi connectivity index (χ0v) is 13.3. The van der Waals surface area contributed by atoms with E-state index in [4.69, 9.17) is 0 Å². The first kappa shape index (κ1) is 15.9. The number of aryl methyl sites for hydroxylation is 1. The van der Waals surface area contributed by atoms with E-state index in [0.29, 0.717) is 18.9 Å². The van der Waals surface area contributed by atoms with Crippen molar-refractivity contribution in [3.8, 4) is 0 Å². The summed E-state index contributed by atoms with van der Waals surface area (Å²) in [5.74, 6) is -0.0900. The van der Waals surface area contributed by atoms with Gasteiger partial charge in [-0.05, 0) is 26.8 Å². The normalized spacial score (nSPS) is 10.7. The smallest absolute Gasteiger partial charge is 0.293 e. The van der Waals surface area contributed by atoms with Crippen molar-refractivity contribution in [2.75, 3.05) is 26.7 Å². The number of nitrogens with zero attached hydrogens (tertiary/aromatic N) is 6. The number of hydrogen-bond donors (Lipinski definition) is 0. The second-order valence-electron chi connectivity index (χ2n) is 4.96. The van der Waals surface area contributed by atoms with Crippen molar-refractivity contribution >= 4 is 17.6 Å². The highest BCUT2D eigenvalue weighted by Gasteiger charge is 2.21. The van der Waals surface area contributed by atoms with Gasteiger partial charge in [-0.1, -0.05) is 0 Å². The Hall–Kier alpha value is -2.51. The fourth-order valence-corrected chi connectivity index (χ4v) is 2.12. The molecule has 0 bridgehead atoms. The first-order valence-corrected chi connectivity index (χ1v) is 7.19. The summed E-state index contributed by atoms with van der Waals surface area (Å²) in [6, 6.07) is 1.78. The maximum atomic E-state index is 12.3. The van der Waals surface area contributed by atoms with Crippen LogP contribution in [0.5, 0.6) is 0 Å². The summed E-state index contributed by atoms with van der Waals surface area (Å²) in [5, 5.41) is 4.15. The molecule has 2 amide bonds. The van der Waals surface area contributed by atoms with Crippen LogP contribution in [0, 0.1) is 6.92 Å². The topological polar surface area (TPSA) is 83.7 Å². The maximum absolute atomic E-state index is 12.3. The second-order valence-corrected chi connectivity index (χ2v) is 4.96. The molecule has 118 valence electrons. The standard InChI is InChI=1S/C14H20N6O2/c1-5-19(6-2)11(21)9-18(4)13(22)12-16-14-15-8-7-10(3)20(14)17-12/h7-8H,5-6,9H2,1-4H3. The number of carbonyl (C=O) groups is 2. The molecule has 0 aliphatic heterocycles. The van der Waals surface area contributed by atoms with E-state index in [1.807, 2.05) is 20.8 Å². The summed E-state index contributed by atoms with van der Waals surface area (Å²) in [6.07, 6.45) is 1.61. The third-order valence-corrected chi connectivity index (χ3v) is 3.46. The molecule has 0 unspecified atom stereocenters. The van der Waals surface area contributed by atoms with E-state index in [-0.39, 0.29) is 18.3 Å². The Morgan fingerprint density at radius 1 is 1.27 bits per heavy atom. The number of amides is 2. The quantitative estimate of drug-likeness (QED) is 0.797. The fraction of sp³-hybridized carbons (Fsp3) is 0.500. The van der Waals surface area contributed by atoms with Crippen LogP contribution in [0.25, 0.3) is 5.78 Å². The molecule has 22 heavy (non-hydrogen) atoms. The Morgan fingerprint density at radius 3 is 2.55 bits per heavy atom. The van der Waals surface area contributed by atoms with Crippen molar-refractivity contribution in [1.82, 2.24) is 29.4 Å². The first-order chi connectivity index (χ1) is 10.5. The van der Waals surface area contributed by atoms with Crippen molar-refractivity contribution in [1.29, 1.82) is 0 Å². The number of rotatable bonds is 5. The SMILES string of the molecule is CCN(CC)C(=O)CN(C)C(=O)c1nc2nccc(C)n2n1. The van der Waals surface area contributed by atoms with Crippen LogP contribution in [0.2, 0.25) is 0 Å². The van der Waals surface area contributed by atoms with E-state index in [0.717, 1.165) is 5.69 Å². The lowest BCUT2D eigenvalue weighted by atomic mass is 10.4. The van der Waals surface area contributed by atoms with Gasteiger partial charge in [0.05, 0.1) is 6.54 Å². The molecule has 8 heteroatoms. The predicted octanol–water partition coefficient (Wildman–Crippen LogP) is 0.373. The molecule has 2 rings (SSSR count). The molecule has 0 aliphatic carbocycles. The van der Waals surface area contributed by atoms with Crippen LogP contribution in [-0.4, -0.2) is 67.9 Å². The van der Waals surface area contributed by atoms with Crippen molar-refractivity contribution in [2.24, 2.45) is 0 Å². The van der Waals surface area contributed by atoms with Crippen LogP contribution in [-0.2, 0) is 4.79 Å². The molecule has 0 N–H and O–H groups in total. The van der Waals surface area contributed by atoms with Gasteiger partial charge in [-0.3, -0.25) is 9.59 Å². The summed E-state index contributed by atoms with van der Waals surface area (Å²) in [4.78, 5) is 35.6. The van der Waals surface area contributed by atoms with Crippen LogP contribution in [0.1, 0.15) is 30.2 Å². The molecular weight excluding hydrogens is 284 g/mol. The summed E-state index contributed by atoms with van der Waals surface area (Å²) >= 11 is 0. The predicted molar refractivity (Wildman–Crippen MR) is 80.4 cm³/mol. The minimum Gasteiger partial charge on any atom is -0.342 e.